The molecule has 0 radical (unpaired) electrons. The fourth-order valence-electron chi connectivity index (χ4n) is 8.11. The van der Waals surface area contributed by atoms with Gasteiger partial charge in [0.05, 0.1) is 35.5 Å². The Kier molecular flexibility index (Phi) is 5.29. The average Bonchev–Trinajstić information content (AvgIpc) is 3.92. The van der Waals surface area contributed by atoms with Crippen LogP contribution in [0.5, 0.6) is 0 Å². The van der Waals surface area contributed by atoms with Crippen LogP contribution in [-0.2, 0) is 0 Å². The summed E-state index contributed by atoms with van der Waals surface area (Å²) in [6, 6.07) is 47.6. The fourth-order valence-corrected chi connectivity index (χ4v) is 8.11. The first-order chi connectivity index (χ1) is 28.3. The summed E-state index contributed by atoms with van der Waals surface area (Å²) in [5.74, 6) is 0. The van der Waals surface area contributed by atoms with Crippen LogP contribution < -0.4 is 0 Å². The molecule has 0 N–H and O–H groups in total. The predicted octanol–water partition coefficient (Wildman–Crippen LogP) is 13.7. The van der Waals surface area contributed by atoms with Crippen LogP contribution in [0.3, 0.4) is 0 Å². The number of fused-ring (bicyclic) bond motifs is 9. The number of nitrogens with zero attached hydrogens (tertiary/aromatic N) is 3. The lowest BCUT2D eigenvalue weighted by Crippen LogP contribution is -1.93. The largest absolute Gasteiger partial charge is 0.456 e. The normalized spacial score (nSPS) is 13.1. The molecule has 11 aromatic rings. The van der Waals surface area contributed by atoms with Gasteiger partial charge in [0, 0.05) is 49.8 Å². The third-order valence-corrected chi connectivity index (χ3v) is 10.4. The lowest BCUT2D eigenvalue weighted by Gasteiger charge is -2.10. The van der Waals surface area contributed by atoms with Gasteiger partial charge < -0.3 is 13.6 Å². The van der Waals surface area contributed by atoms with Crippen molar-refractivity contribution in [1.29, 1.82) is 0 Å². The molecular formula is C49H29N3O. The van der Waals surface area contributed by atoms with Gasteiger partial charge in [-0.1, -0.05) is 103 Å². The Hall–Kier alpha value is -7.35. The zero-order chi connectivity index (χ0) is 39.4. The second-order valence-corrected chi connectivity index (χ2v) is 13.3. The maximum absolute atomic E-state index is 8.66. The van der Waals surface area contributed by atoms with Gasteiger partial charge in [-0.3, -0.25) is 0 Å². The van der Waals surface area contributed by atoms with E-state index in [1.54, 1.807) is 12.1 Å². The lowest BCUT2D eigenvalue weighted by atomic mass is 9.99. The van der Waals surface area contributed by atoms with E-state index in [0.717, 1.165) is 71.5 Å². The molecule has 0 atom stereocenters. The molecule has 0 spiro atoms. The summed E-state index contributed by atoms with van der Waals surface area (Å²) in [4.78, 5) is 3.67. The van der Waals surface area contributed by atoms with E-state index in [4.69, 9.17) is 17.8 Å². The highest BCUT2D eigenvalue weighted by Crippen LogP contribution is 2.41. The highest BCUT2D eigenvalue weighted by molar-refractivity contribution is 6.15. The van der Waals surface area contributed by atoms with Gasteiger partial charge in [0.25, 0.3) is 0 Å². The molecule has 8 aromatic carbocycles. The first-order valence-corrected chi connectivity index (χ1v) is 17.4. The summed E-state index contributed by atoms with van der Waals surface area (Å²) in [7, 11) is 0. The molecule has 0 unspecified atom stereocenters. The summed E-state index contributed by atoms with van der Waals surface area (Å²) in [6.45, 7) is 7.57. The van der Waals surface area contributed by atoms with Gasteiger partial charge in [0.2, 0.25) is 0 Å². The second-order valence-electron chi connectivity index (χ2n) is 13.3. The first kappa shape index (κ1) is 24.7. The van der Waals surface area contributed by atoms with Crippen molar-refractivity contribution in [3.63, 3.8) is 0 Å². The molecule has 0 bridgehead atoms. The molecule has 4 nitrogen and oxygen atoms in total. The summed E-state index contributed by atoms with van der Waals surface area (Å²) in [5, 5.41) is 6.00. The SMILES string of the molecule is [2H]c1c([2H])c([2H])c(-c2cccc3oc4cc(-n5c6ccccc6c6cc(-c7ccc8c(c7)c7ccccc7n8-c7cccc([N+]#[C-])c7)ccc65)ccc4c23)c([2H])c1[2H]. The predicted molar refractivity (Wildman–Crippen MR) is 220 cm³/mol. The van der Waals surface area contributed by atoms with Crippen molar-refractivity contribution in [2.45, 2.75) is 0 Å². The zero-order valence-corrected chi connectivity index (χ0v) is 28.1. The molecule has 0 aliphatic carbocycles. The molecule has 3 heterocycles. The number of aromatic nitrogens is 2. The van der Waals surface area contributed by atoms with Gasteiger partial charge in [-0.2, -0.15) is 0 Å². The first-order valence-electron chi connectivity index (χ1n) is 19.9. The summed E-state index contributed by atoms with van der Waals surface area (Å²) >= 11 is 0. The Labute approximate surface area is 311 Å². The lowest BCUT2D eigenvalue weighted by molar-refractivity contribution is 0.668. The molecule has 0 fully saturated rings. The minimum absolute atomic E-state index is 0.151. The van der Waals surface area contributed by atoms with Crippen molar-refractivity contribution in [3.05, 3.63) is 187 Å². The molecule has 11 rings (SSSR count). The number of para-hydroxylation sites is 2. The van der Waals surface area contributed by atoms with Crippen molar-refractivity contribution >= 4 is 71.2 Å². The maximum atomic E-state index is 8.66. The molecule has 0 saturated heterocycles. The van der Waals surface area contributed by atoms with Crippen molar-refractivity contribution in [1.82, 2.24) is 9.13 Å². The van der Waals surface area contributed by atoms with E-state index in [1.165, 1.54) is 0 Å². The van der Waals surface area contributed by atoms with Gasteiger partial charge in [-0.05, 0) is 89.0 Å². The van der Waals surface area contributed by atoms with Crippen LogP contribution in [0, 0.1) is 6.57 Å². The molecule has 0 saturated carbocycles. The van der Waals surface area contributed by atoms with E-state index >= 15 is 0 Å². The average molecular weight is 681 g/mol. The van der Waals surface area contributed by atoms with Crippen molar-refractivity contribution < 1.29 is 11.3 Å². The van der Waals surface area contributed by atoms with Crippen molar-refractivity contribution in [3.8, 4) is 33.6 Å². The molecule has 4 heteroatoms. The second kappa shape index (κ2) is 11.3. The fraction of sp³-hybridized carbons (Fsp3) is 0. The molecular weight excluding hydrogens is 647 g/mol. The summed E-state index contributed by atoms with van der Waals surface area (Å²) in [5.41, 5.74) is 10.8. The summed E-state index contributed by atoms with van der Waals surface area (Å²) in [6.07, 6.45) is 0. The summed E-state index contributed by atoms with van der Waals surface area (Å²) < 4.78 is 52.9. The Bertz CT molecular complexity index is 3580. The zero-order valence-electron chi connectivity index (χ0n) is 33.1. The quantitative estimate of drug-likeness (QED) is 0.170. The Morgan fingerprint density at radius 2 is 1.09 bits per heavy atom. The number of rotatable bonds is 4. The van der Waals surface area contributed by atoms with E-state index in [2.05, 4.69) is 92.8 Å². The topological polar surface area (TPSA) is 27.4 Å². The van der Waals surface area contributed by atoms with Crippen molar-refractivity contribution in [2.75, 3.05) is 0 Å². The molecule has 0 aliphatic heterocycles. The van der Waals surface area contributed by atoms with Crippen LogP contribution in [0.1, 0.15) is 6.85 Å². The highest BCUT2D eigenvalue weighted by atomic mass is 16.3. The molecule has 246 valence electrons. The van der Waals surface area contributed by atoms with E-state index in [-0.39, 0.29) is 29.7 Å². The Morgan fingerprint density at radius 3 is 1.77 bits per heavy atom. The number of hydrogen-bond acceptors (Lipinski definition) is 1. The van der Waals surface area contributed by atoms with Gasteiger partial charge >= 0.3 is 0 Å². The Morgan fingerprint density at radius 1 is 0.472 bits per heavy atom. The van der Waals surface area contributed by atoms with Crippen LogP contribution in [0.25, 0.3) is 104 Å². The number of hydrogen-bond donors (Lipinski definition) is 0. The molecule has 53 heavy (non-hydrogen) atoms. The smallest absolute Gasteiger partial charge is 0.189 e. The van der Waals surface area contributed by atoms with Crippen molar-refractivity contribution in [2.24, 2.45) is 0 Å². The van der Waals surface area contributed by atoms with Gasteiger partial charge in [0.15, 0.2) is 5.69 Å². The van der Waals surface area contributed by atoms with Crippen LogP contribution in [0.2, 0.25) is 0 Å². The number of benzene rings is 8. The van der Waals surface area contributed by atoms with Crippen LogP contribution in [0.4, 0.5) is 5.69 Å². The molecule has 0 aliphatic rings. The van der Waals surface area contributed by atoms with E-state index in [1.807, 2.05) is 54.6 Å². The van der Waals surface area contributed by atoms with Crippen LogP contribution >= 0.6 is 0 Å². The van der Waals surface area contributed by atoms with Gasteiger partial charge in [-0.25, -0.2) is 4.85 Å². The minimum Gasteiger partial charge on any atom is -0.456 e. The highest BCUT2D eigenvalue weighted by Gasteiger charge is 2.18. The standard InChI is InChI=1S/C49H29N3O/c1-50-34-13-9-14-35(29-34)51-43-18-7-5-15-38(43)41-27-32(21-25-45(41)51)33-22-26-46-42(28-33)39-16-6-8-19-44(39)52(46)36-23-24-40-48(30-36)53-47-20-10-17-37(49(40)47)31-11-3-2-4-12-31/h2-30H/i2D,3D,4D,11D,12D. The van der Waals surface area contributed by atoms with Gasteiger partial charge in [0.1, 0.15) is 11.2 Å². The minimum atomic E-state index is -0.420. The molecule has 3 aromatic heterocycles. The Balaban J connectivity index is 1.06. The van der Waals surface area contributed by atoms with Crippen LogP contribution in [-0.4, -0.2) is 9.13 Å². The van der Waals surface area contributed by atoms with E-state index in [9.17, 15) is 0 Å². The molecule has 0 amide bonds. The third kappa shape index (κ3) is 4.41. The number of furan rings is 1. The van der Waals surface area contributed by atoms with E-state index in [0.29, 0.717) is 27.8 Å². The monoisotopic (exact) mass is 680 g/mol. The van der Waals surface area contributed by atoms with Crippen LogP contribution in [0.15, 0.2) is 180 Å². The maximum Gasteiger partial charge on any atom is 0.189 e. The van der Waals surface area contributed by atoms with Gasteiger partial charge in [-0.15, -0.1) is 0 Å². The third-order valence-electron chi connectivity index (χ3n) is 10.4. The van der Waals surface area contributed by atoms with E-state index < -0.39 is 6.04 Å².